The second-order valence-electron chi connectivity index (χ2n) is 6.70. The molecule has 2 aromatic heterocycles. The highest BCUT2D eigenvalue weighted by molar-refractivity contribution is 7.19. The fourth-order valence-corrected chi connectivity index (χ4v) is 4.09. The Hall–Kier alpha value is -2.42. The van der Waals surface area contributed by atoms with Crippen molar-refractivity contribution in [3.63, 3.8) is 0 Å². The Labute approximate surface area is 162 Å². The van der Waals surface area contributed by atoms with E-state index in [4.69, 9.17) is 4.74 Å². The minimum absolute atomic E-state index is 0.321. The maximum atomic E-state index is 12.6. The fourth-order valence-electron chi connectivity index (χ4n) is 3.16. The van der Waals surface area contributed by atoms with E-state index < -0.39 is 6.04 Å². The van der Waals surface area contributed by atoms with E-state index in [-0.39, 0.29) is 12.0 Å². The standard InChI is InChI=1S/C18H25N5O3S/c1-5-11(2)23-10-13(9-19-23)15-12(3)20-17(27-15)21-18(25)22-8-6-7-14(22)16(24)26-4/h9-11,14H,5-8H2,1-4H3,(H,20,21,25)/t11-,14-/m0/s1. The molecule has 27 heavy (non-hydrogen) atoms. The number of aryl methyl sites for hydroxylation is 1. The number of amides is 2. The Bertz CT molecular complexity index is 831. The summed E-state index contributed by atoms with van der Waals surface area (Å²) in [6, 6.07) is -0.514. The number of rotatable bonds is 5. The Morgan fingerprint density at radius 2 is 2.26 bits per heavy atom. The smallest absolute Gasteiger partial charge is 0.328 e. The van der Waals surface area contributed by atoms with E-state index in [1.165, 1.54) is 23.3 Å². The predicted octanol–water partition coefficient (Wildman–Crippen LogP) is 3.46. The second-order valence-corrected chi connectivity index (χ2v) is 7.70. The van der Waals surface area contributed by atoms with Gasteiger partial charge in [0.1, 0.15) is 6.04 Å². The molecule has 1 aliphatic rings. The molecule has 2 amide bonds. The number of nitrogens with zero attached hydrogens (tertiary/aromatic N) is 4. The Morgan fingerprint density at radius 1 is 1.48 bits per heavy atom. The van der Waals surface area contributed by atoms with Gasteiger partial charge in [0.05, 0.1) is 23.9 Å². The monoisotopic (exact) mass is 391 g/mol. The van der Waals surface area contributed by atoms with E-state index in [2.05, 4.69) is 29.2 Å². The number of carbonyl (C=O) groups is 2. The first kappa shape index (κ1) is 19.3. The van der Waals surface area contributed by atoms with Gasteiger partial charge >= 0.3 is 12.0 Å². The van der Waals surface area contributed by atoms with E-state index in [0.717, 1.165) is 29.0 Å². The Morgan fingerprint density at radius 3 is 2.96 bits per heavy atom. The zero-order valence-electron chi connectivity index (χ0n) is 16.1. The van der Waals surface area contributed by atoms with E-state index in [1.54, 1.807) is 0 Å². The van der Waals surface area contributed by atoms with Gasteiger partial charge in [0, 0.05) is 24.3 Å². The average Bonchev–Trinajstić information content (AvgIpc) is 3.39. The first-order valence-electron chi connectivity index (χ1n) is 9.12. The minimum Gasteiger partial charge on any atom is -0.467 e. The molecule has 0 aromatic carbocycles. The van der Waals surface area contributed by atoms with Crippen molar-refractivity contribution >= 4 is 28.5 Å². The first-order valence-corrected chi connectivity index (χ1v) is 9.93. The molecule has 2 atom stereocenters. The molecule has 3 heterocycles. The van der Waals surface area contributed by atoms with Crippen LogP contribution in [0.15, 0.2) is 12.4 Å². The molecular formula is C18H25N5O3S. The van der Waals surface area contributed by atoms with Crippen LogP contribution < -0.4 is 5.32 Å². The van der Waals surface area contributed by atoms with E-state index >= 15 is 0 Å². The molecule has 1 saturated heterocycles. The van der Waals surface area contributed by atoms with Crippen molar-refractivity contribution in [2.24, 2.45) is 0 Å². The van der Waals surface area contributed by atoms with Crippen molar-refractivity contribution in [1.82, 2.24) is 19.7 Å². The van der Waals surface area contributed by atoms with Crippen LogP contribution in [0.3, 0.4) is 0 Å². The lowest BCUT2D eigenvalue weighted by Crippen LogP contribution is -2.43. The average molecular weight is 391 g/mol. The highest BCUT2D eigenvalue weighted by Crippen LogP contribution is 2.33. The SMILES string of the molecule is CC[C@H](C)n1cc(-c2sc(NC(=O)N3CCC[C@H]3C(=O)OC)nc2C)cn1. The van der Waals surface area contributed by atoms with Gasteiger partial charge in [0.15, 0.2) is 5.13 Å². The molecule has 1 N–H and O–H groups in total. The molecule has 146 valence electrons. The van der Waals surface area contributed by atoms with E-state index in [9.17, 15) is 9.59 Å². The van der Waals surface area contributed by atoms with Crippen LogP contribution in [0, 0.1) is 6.92 Å². The Balaban J connectivity index is 1.74. The summed E-state index contributed by atoms with van der Waals surface area (Å²) >= 11 is 1.41. The molecule has 1 fully saturated rings. The molecular weight excluding hydrogens is 366 g/mol. The van der Waals surface area contributed by atoms with Crippen molar-refractivity contribution in [1.29, 1.82) is 0 Å². The van der Waals surface area contributed by atoms with Crippen molar-refractivity contribution in [3.8, 4) is 10.4 Å². The van der Waals surface area contributed by atoms with Crippen molar-refractivity contribution in [2.75, 3.05) is 19.0 Å². The lowest BCUT2D eigenvalue weighted by Gasteiger charge is -2.22. The number of urea groups is 1. The molecule has 3 rings (SSSR count). The summed E-state index contributed by atoms with van der Waals surface area (Å²) in [6.07, 6.45) is 6.24. The second kappa shape index (κ2) is 8.08. The largest absolute Gasteiger partial charge is 0.467 e. The molecule has 1 aliphatic heterocycles. The van der Waals surface area contributed by atoms with Crippen molar-refractivity contribution in [3.05, 3.63) is 18.1 Å². The number of likely N-dealkylation sites (tertiary alicyclic amines) is 1. The van der Waals surface area contributed by atoms with E-state index in [1.807, 2.05) is 24.0 Å². The topological polar surface area (TPSA) is 89.4 Å². The highest BCUT2D eigenvalue weighted by atomic mass is 32.1. The molecule has 0 spiro atoms. The lowest BCUT2D eigenvalue weighted by atomic mass is 10.2. The number of hydrogen-bond acceptors (Lipinski definition) is 6. The molecule has 0 radical (unpaired) electrons. The number of thiazole rings is 1. The van der Waals surface area contributed by atoms with Gasteiger partial charge < -0.3 is 9.64 Å². The van der Waals surface area contributed by atoms with Gasteiger partial charge in [-0.05, 0) is 33.1 Å². The quantitative estimate of drug-likeness (QED) is 0.789. The van der Waals surface area contributed by atoms with Gasteiger partial charge in [-0.1, -0.05) is 18.3 Å². The fraction of sp³-hybridized carbons (Fsp3) is 0.556. The van der Waals surface area contributed by atoms with Crippen LogP contribution in [0.2, 0.25) is 0 Å². The first-order chi connectivity index (χ1) is 12.9. The molecule has 0 saturated carbocycles. The highest BCUT2D eigenvalue weighted by Gasteiger charge is 2.35. The van der Waals surface area contributed by atoms with Crippen LogP contribution in [-0.4, -0.2) is 51.4 Å². The number of carbonyl (C=O) groups excluding carboxylic acids is 2. The summed E-state index contributed by atoms with van der Waals surface area (Å²) in [5.41, 5.74) is 1.82. The third-order valence-electron chi connectivity index (χ3n) is 4.90. The van der Waals surface area contributed by atoms with Crippen LogP contribution in [0.5, 0.6) is 0 Å². The predicted molar refractivity (Wildman–Crippen MR) is 104 cm³/mol. The summed E-state index contributed by atoms with van der Waals surface area (Å²) in [5.74, 6) is -0.379. The van der Waals surface area contributed by atoms with Crippen molar-refractivity contribution < 1.29 is 14.3 Å². The molecule has 2 aromatic rings. The summed E-state index contributed by atoms with van der Waals surface area (Å²) < 4.78 is 6.74. The zero-order valence-corrected chi connectivity index (χ0v) is 16.9. The summed E-state index contributed by atoms with van der Waals surface area (Å²) in [6.45, 7) is 6.69. The summed E-state index contributed by atoms with van der Waals surface area (Å²) in [5, 5.41) is 7.76. The van der Waals surface area contributed by atoms with Crippen molar-refractivity contribution in [2.45, 2.75) is 52.1 Å². The molecule has 0 aliphatic carbocycles. The number of aromatic nitrogens is 3. The molecule has 0 bridgehead atoms. The lowest BCUT2D eigenvalue weighted by molar-refractivity contribution is -0.144. The molecule has 9 heteroatoms. The van der Waals surface area contributed by atoms with Gasteiger partial charge in [0.2, 0.25) is 0 Å². The van der Waals surface area contributed by atoms with Crippen LogP contribution in [-0.2, 0) is 9.53 Å². The number of nitrogens with one attached hydrogen (secondary N) is 1. The number of esters is 1. The normalized spacial score (nSPS) is 17.8. The van der Waals surface area contributed by atoms with E-state index in [0.29, 0.717) is 24.1 Å². The van der Waals surface area contributed by atoms with Gasteiger partial charge in [-0.15, -0.1) is 0 Å². The maximum Gasteiger partial charge on any atom is 0.328 e. The zero-order chi connectivity index (χ0) is 19.6. The van der Waals surface area contributed by atoms with Crippen LogP contribution >= 0.6 is 11.3 Å². The third kappa shape index (κ3) is 3.97. The molecule has 8 nitrogen and oxygen atoms in total. The third-order valence-corrected chi connectivity index (χ3v) is 6.03. The number of ether oxygens (including phenoxy) is 1. The Kier molecular flexibility index (Phi) is 5.79. The minimum atomic E-state index is -0.524. The van der Waals surface area contributed by atoms with Gasteiger partial charge in [-0.2, -0.15) is 5.10 Å². The number of hydrogen-bond donors (Lipinski definition) is 1. The van der Waals surface area contributed by atoms with Gasteiger partial charge in [-0.25, -0.2) is 14.6 Å². The maximum absolute atomic E-state index is 12.6. The number of anilines is 1. The number of methoxy groups -OCH3 is 1. The van der Waals surface area contributed by atoms with Gasteiger partial charge in [-0.3, -0.25) is 10.00 Å². The molecule has 0 unspecified atom stereocenters. The van der Waals surface area contributed by atoms with Crippen LogP contribution in [0.4, 0.5) is 9.93 Å². The van der Waals surface area contributed by atoms with Crippen LogP contribution in [0.25, 0.3) is 10.4 Å². The summed E-state index contributed by atoms with van der Waals surface area (Å²) in [4.78, 5) is 31.4. The van der Waals surface area contributed by atoms with Crippen LogP contribution in [0.1, 0.15) is 44.8 Å². The summed E-state index contributed by atoms with van der Waals surface area (Å²) in [7, 11) is 1.34. The van der Waals surface area contributed by atoms with Gasteiger partial charge in [0.25, 0.3) is 0 Å².